The monoisotopic (exact) mass is 328 g/mol. The quantitative estimate of drug-likeness (QED) is 0.878. The van der Waals surface area contributed by atoms with Gasteiger partial charge in [0.1, 0.15) is 0 Å². The molecular weight excluding hydrogens is 304 g/mol. The zero-order valence-corrected chi connectivity index (χ0v) is 13.9. The number of hydrogen-bond donors (Lipinski definition) is 2. The van der Waals surface area contributed by atoms with E-state index in [0.717, 1.165) is 25.1 Å². The van der Waals surface area contributed by atoms with Gasteiger partial charge >= 0.3 is 0 Å². The van der Waals surface area contributed by atoms with Gasteiger partial charge in [0.15, 0.2) is 5.69 Å². The highest BCUT2D eigenvalue weighted by atomic mass is 16.2. The number of amides is 1. The van der Waals surface area contributed by atoms with Gasteiger partial charge in [-0.15, -0.1) is 5.10 Å². The van der Waals surface area contributed by atoms with E-state index in [1.54, 1.807) is 6.20 Å². The first-order valence-corrected chi connectivity index (χ1v) is 9.03. The van der Waals surface area contributed by atoms with Crippen LogP contribution in [-0.2, 0) is 25.9 Å². The second-order valence-corrected chi connectivity index (χ2v) is 6.99. The Hall–Kier alpha value is -2.18. The molecule has 0 bridgehead atoms. The lowest BCUT2D eigenvalue weighted by atomic mass is 9.89. The lowest BCUT2D eigenvalue weighted by Gasteiger charge is -2.20. The number of nitrogens with zero attached hydrogens (tertiary/aromatic N) is 4. The molecule has 1 amide bonds. The number of aromatic amines is 1. The Labute approximate surface area is 141 Å². The summed E-state index contributed by atoms with van der Waals surface area (Å²) in [5, 5.41) is 18.4. The Kier molecular flexibility index (Phi) is 4.32. The molecule has 0 saturated heterocycles. The molecule has 2 aliphatic rings. The van der Waals surface area contributed by atoms with Gasteiger partial charge in [0.25, 0.3) is 5.91 Å². The fourth-order valence-electron chi connectivity index (χ4n) is 3.91. The summed E-state index contributed by atoms with van der Waals surface area (Å²) in [4.78, 5) is 12.3. The molecule has 0 aromatic carbocycles. The van der Waals surface area contributed by atoms with E-state index in [9.17, 15) is 4.79 Å². The first kappa shape index (κ1) is 15.4. The van der Waals surface area contributed by atoms with Crippen LogP contribution in [0.15, 0.2) is 6.20 Å². The van der Waals surface area contributed by atoms with E-state index >= 15 is 0 Å². The smallest absolute Gasteiger partial charge is 0.273 e. The van der Waals surface area contributed by atoms with Gasteiger partial charge in [-0.2, -0.15) is 5.10 Å². The number of hydrogen-bond acceptors (Lipinski definition) is 4. The van der Waals surface area contributed by atoms with E-state index in [1.807, 2.05) is 4.68 Å². The second kappa shape index (κ2) is 6.75. The highest BCUT2D eigenvalue weighted by Crippen LogP contribution is 2.25. The van der Waals surface area contributed by atoms with E-state index in [4.69, 9.17) is 0 Å². The van der Waals surface area contributed by atoms with E-state index in [0.29, 0.717) is 18.2 Å². The zero-order valence-electron chi connectivity index (χ0n) is 13.9. The van der Waals surface area contributed by atoms with Crippen LogP contribution in [0, 0.1) is 5.92 Å². The molecular formula is C17H24N6O. The van der Waals surface area contributed by atoms with Crippen molar-refractivity contribution in [1.29, 1.82) is 0 Å². The predicted molar refractivity (Wildman–Crippen MR) is 88.4 cm³/mol. The molecule has 0 radical (unpaired) electrons. The number of rotatable bonds is 5. The number of aryl methyl sites for hydroxylation is 1. The van der Waals surface area contributed by atoms with Crippen molar-refractivity contribution in [2.75, 3.05) is 0 Å². The largest absolute Gasteiger partial charge is 0.345 e. The van der Waals surface area contributed by atoms with Gasteiger partial charge in [0, 0.05) is 12.2 Å². The predicted octanol–water partition coefficient (Wildman–Crippen LogP) is 2.00. The first-order valence-electron chi connectivity index (χ1n) is 9.03. The molecule has 2 heterocycles. The number of fused-ring (bicyclic) bond motifs is 1. The Bertz CT molecular complexity index is 712. The van der Waals surface area contributed by atoms with Gasteiger partial charge in [-0.3, -0.25) is 14.6 Å². The molecule has 0 aliphatic heterocycles. The molecule has 7 nitrogen and oxygen atoms in total. The van der Waals surface area contributed by atoms with Crippen LogP contribution in [-0.4, -0.2) is 31.1 Å². The minimum Gasteiger partial charge on any atom is -0.345 e. The number of aromatic nitrogens is 5. The van der Waals surface area contributed by atoms with Crippen molar-refractivity contribution in [2.24, 2.45) is 5.92 Å². The fraction of sp³-hybridized carbons (Fsp3) is 0.647. The molecule has 1 saturated carbocycles. The standard InChI is InChI=1S/C17H24N6O/c24-17(18-9-15-13-7-4-8-14(13)19-20-15)16-11-23(22-21-16)10-12-5-2-1-3-6-12/h11-12H,1-10H2,(H,18,24)(H,19,20). The van der Waals surface area contributed by atoms with Gasteiger partial charge in [0.2, 0.25) is 0 Å². The number of H-pyrrole nitrogens is 1. The van der Waals surface area contributed by atoms with Crippen molar-refractivity contribution in [3.63, 3.8) is 0 Å². The van der Waals surface area contributed by atoms with Crippen molar-refractivity contribution in [2.45, 2.75) is 64.5 Å². The van der Waals surface area contributed by atoms with Crippen molar-refractivity contribution in [1.82, 2.24) is 30.5 Å². The minimum absolute atomic E-state index is 0.181. The van der Waals surface area contributed by atoms with Gasteiger partial charge in [-0.05, 0) is 43.6 Å². The normalized spacial score (nSPS) is 17.8. The average Bonchev–Trinajstić information content (AvgIpc) is 3.31. The van der Waals surface area contributed by atoms with Crippen LogP contribution in [0.3, 0.4) is 0 Å². The van der Waals surface area contributed by atoms with Crippen LogP contribution in [0.4, 0.5) is 0 Å². The SMILES string of the molecule is O=C(NCc1n[nH]c2c1CCC2)c1cn(CC2CCCCC2)nn1. The van der Waals surface area contributed by atoms with Crippen molar-refractivity contribution in [3.8, 4) is 0 Å². The van der Waals surface area contributed by atoms with Crippen LogP contribution in [0.5, 0.6) is 0 Å². The van der Waals surface area contributed by atoms with Gasteiger partial charge in [-0.25, -0.2) is 0 Å². The van der Waals surface area contributed by atoms with Gasteiger partial charge in [0.05, 0.1) is 18.4 Å². The Balaban J connectivity index is 1.33. The Morgan fingerprint density at radius 3 is 3.00 bits per heavy atom. The summed E-state index contributed by atoms with van der Waals surface area (Å²) in [6.07, 6.45) is 11.5. The molecule has 24 heavy (non-hydrogen) atoms. The first-order chi connectivity index (χ1) is 11.8. The molecule has 0 atom stereocenters. The van der Waals surface area contributed by atoms with E-state index < -0.39 is 0 Å². The zero-order chi connectivity index (χ0) is 16.4. The third-order valence-corrected chi connectivity index (χ3v) is 5.25. The summed E-state index contributed by atoms with van der Waals surface area (Å²) in [5.74, 6) is 0.489. The molecule has 0 unspecified atom stereocenters. The Morgan fingerprint density at radius 2 is 2.12 bits per heavy atom. The van der Waals surface area contributed by atoms with Crippen LogP contribution in [0.25, 0.3) is 0 Å². The summed E-state index contributed by atoms with van der Waals surface area (Å²) in [5.41, 5.74) is 3.83. The number of carbonyl (C=O) groups excluding carboxylic acids is 1. The maximum atomic E-state index is 12.3. The molecule has 2 N–H and O–H groups in total. The molecule has 128 valence electrons. The van der Waals surface area contributed by atoms with Crippen LogP contribution >= 0.6 is 0 Å². The van der Waals surface area contributed by atoms with Crippen molar-refractivity contribution < 1.29 is 4.79 Å². The summed E-state index contributed by atoms with van der Waals surface area (Å²) >= 11 is 0. The summed E-state index contributed by atoms with van der Waals surface area (Å²) in [7, 11) is 0. The molecule has 2 aromatic rings. The van der Waals surface area contributed by atoms with Crippen LogP contribution in [0.2, 0.25) is 0 Å². The number of nitrogens with one attached hydrogen (secondary N) is 2. The summed E-state index contributed by atoms with van der Waals surface area (Å²) in [6, 6.07) is 0. The Morgan fingerprint density at radius 1 is 1.25 bits per heavy atom. The maximum absolute atomic E-state index is 12.3. The number of carbonyl (C=O) groups is 1. The second-order valence-electron chi connectivity index (χ2n) is 6.99. The lowest BCUT2D eigenvalue weighted by molar-refractivity contribution is 0.0945. The van der Waals surface area contributed by atoms with Gasteiger partial charge < -0.3 is 5.32 Å². The summed E-state index contributed by atoms with van der Waals surface area (Å²) in [6.45, 7) is 1.31. The molecule has 2 aliphatic carbocycles. The average molecular weight is 328 g/mol. The third-order valence-electron chi connectivity index (χ3n) is 5.25. The molecule has 4 rings (SSSR count). The maximum Gasteiger partial charge on any atom is 0.273 e. The van der Waals surface area contributed by atoms with Crippen LogP contribution in [0.1, 0.15) is 66.0 Å². The highest BCUT2D eigenvalue weighted by molar-refractivity contribution is 5.91. The van der Waals surface area contributed by atoms with Crippen molar-refractivity contribution >= 4 is 5.91 Å². The molecule has 1 fully saturated rings. The molecule has 2 aromatic heterocycles. The van der Waals surface area contributed by atoms with E-state index in [2.05, 4.69) is 25.8 Å². The molecule has 0 spiro atoms. The van der Waals surface area contributed by atoms with Crippen molar-refractivity contribution in [3.05, 3.63) is 28.8 Å². The van der Waals surface area contributed by atoms with E-state index in [-0.39, 0.29) is 5.91 Å². The molecule has 7 heteroatoms. The highest BCUT2D eigenvalue weighted by Gasteiger charge is 2.20. The third kappa shape index (κ3) is 3.20. The lowest BCUT2D eigenvalue weighted by Crippen LogP contribution is -2.24. The summed E-state index contributed by atoms with van der Waals surface area (Å²) < 4.78 is 1.82. The fourth-order valence-corrected chi connectivity index (χ4v) is 3.91. The minimum atomic E-state index is -0.181. The topological polar surface area (TPSA) is 88.5 Å². The van der Waals surface area contributed by atoms with Crippen LogP contribution < -0.4 is 5.32 Å². The van der Waals surface area contributed by atoms with Gasteiger partial charge in [-0.1, -0.05) is 24.5 Å². The van der Waals surface area contributed by atoms with E-state index in [1.165, 1.54) is 49.8 Å².